The van der Waals surface area contributed by atoms with Gasteiger partial charge < -0.3 is 14.2 Å². The van der Waals surface area contributed by atoms with E-state index >= 15 is 0 Å². The van der Waals surface area contributed by atoms with Crippen LogP contribution in [0.2, 0.25) is 0 Å². The van der Waals surface area contributed by atoms with Crippen LogP contribution in [0.4, 0.5) is 0 Å². The largest absolute Gasteiger partial charge is 0.497 e. The summed E-state index contributed by atoms with van der Waals surface area (Å²) in [4.78, 5) is 10.5. The maximum absolute atomic E-state index is 10.5. The third kappa shape index (κ3) is 4.84. The number of carbonyl (C=O) groups excluding carboxylic acids is 1. The van der Waals surface area contributed by atoms with E-state index in [2.05, 4.69) is 0 Å². The van der Waals surface area contributed by atoms with Crippen LogP contribution in [0.25, 0.3) is 0 Å². The van der Waals surface area contributed by atoms with Gasteiger partial charge in [0.05, 0.1) is 20.3 Å². The van der Waals surface area contributed by atoms with Crippen LogP contribution in [-0.2, 0) is 0 Å². The van der Waals surface area contributed by atoms with Gasteiger partial charge in [-0.15, -0.1) is 0 Å². The van der Waals surface area contributed by atoms with Gasteiger partial charge in [-0.05, 0) is 48.5 Å². The Morgan fingerprint density at radius 3 is 1.76 bits per heavy atom. The van der Waals surface area contributed by atoms with E-state index in [9.17, 15) is 4.79 Å². The van der Waals surface area contributed by atoms with Crippen molar-refractivity contribution in [1.82, 2.24) is 0 Å². The Labute approximate surface area is 124 Å². The van der Waals surface area contributed by atoms with Crippen LogP contribution in [0.5, 0.6) is 17.2 Å². The first-order valence-corrected chi connectivity index (χ1v) is 6.77. The van der Waals surface area contributed by atoms with E-state index in [1.807, 2.05) is 24.3 Å². The molecule has 2 aromatic carbocycles. The van der Waals surface area contributed by atoms with Gasteiger partial charge in [0.2, 0.25) is 0 Å². The van der Waals surface area contributed by atoms with Crippen LogP contribution < -0.4 is 14.2 Å². The molecule has 2 rings (SSSR count). The maximum Gasteiger partial charge on any atom is 0.150 e. The Hall–Kier alpha value is -2.49. The minimum atomic E-state index is 0.566. The number of hydrogen-bond acceptors (Lipinski definition) is 4. The Morgan fingerprint density at radius 1 is 0.810 bits per heavy atom. The molecule has 4 heteroatoms. The van der Waals surface area contributed by atoms with Gasteiger partial charge >= 0.3 is 0 Å². The fraction of sp³-hybridized carbons (Fsp3) is 0.235. The molecule has 0 atom stereocenters. The van der Waals surface area contributed by atoms with Crippen LogP contribution in [0.15, 0.2) is 48.5 Å². The fourth-order valence-corrected chi connectivity index (χ4v) is 1.75. The Kier molecular flexibility index (Phi) is 5.64. The van der Waals surface area contributed by atoms with E-state index in [1.54, 1.807) is 31.4 Å². The van der Waals surface area contributed by atoms with Crippen molar-refractivity contribution in [3.8, 4) is 17.2 Å². The Balaban J connectivity index is 1.65. The molecule has 0 heterocycles. The van der Waals surface area contributed by atoms with Crippen molar-refractivity contribution >= 4 is 6.29 Å². The third-order valence-corrected chi connectivity index (χ3v) is 2.90. The quantitative estimate of drug-likeness (QED) is 0.551. The number of rotatable bonds is 8. The molecule has 0 spiro atoms. The van der Waals surface area contributed by atoms with Crippen LogP contribution in [-0.4, -0.2) is 26.6 Å². The van der Waals surface area contributed by atoms with Crippen molar-refractivity contribution in [3.63, 3.8) is 0 Å². The highest BCUT2D eigenvalue weighted by Gasteiger charge is 1.97. The fourth-order valence-electron chi connectivity index (χ4n) is 1.75. The molecule has 0 N–H and O–H groups in total. The van der Waals surface area contributed by atoms with E-state index in [-0.39, 0.29) is 0 Å². The highest BCUT2D eigenvalue weighted by Crippen LogP contribution is 2.17. The highest BCUT2D eigenvalue weighted by molar-refractivity contribution is 5.74. The molecule has 0 aromatic heterocycles. The second-order valence-electron chi connectivity index (χ2n) is 4.41. The number of benzene rings is 2. The topological polar surface area (TPSA) is 44.8 Å². The lowest BCUT2D eigenvalue weighted by Crippen LogP contribution is -2.05. The highest BCUT2D eigenvalue weighted by atomic mass is 16.5. The second-order valence-corrected chi connectivity index (χ2v) is 4.41. The van der Waals surface area contributed by atoms with Crippen LogP contribution in [0.1, 0.15) is 16.8 Å². The number of aldehydes is 1. The lowest BCUT2D eigenvalue weighted by atomic mass is 10.2. The molecular formula is C17H18O4. The van der Waals surface area contributed by atoms with Gasteiger partial charge in [-0.1, -0.05) is 0 Å². The molecule has 0 fully saturated rings. The molecule has 4 nitrogen and oxygen atoms in total. The first-order valence-electron chi connectivity index (χ1n) is 6.77. The summed E-state index contributed by atoms with van der Waals surface area (Å²) in [6.07, 6.45) is 1.59. The van der Waals surface area contributed by atoms with E-state index in [4.69, 9.17) is 14.2 Å². The van der Waals surface area contributed by atoms with Gasteiger partial charge in [-0.2, -0.15) is 0 Å². The molecule has 0 radical (unpaired) electrons. The second kappa shape index (κ2) is 7.94. The average molecular weight is 286 g/mol. The summed E-state index contributed by atoms with van der Waals surface area (Å²) in [6, 6.07) is 14.5. The molecule has 110 valence electrons. The number of ether oxygens (including phenoxy) is 3. The van der Waals surface area contributed by atoms with E-state index in [0.717, 1.165) is 30.0 Å². The molecule has 0 aliphatic rings. The molecule has 0 saturated heterocycles. The first kappa shape index (κ1) is 14.9. The van der Waals surface area contributed by atoms with Crippen molar-refractivity contribution in [3.05, 3.63) is 54.1 Å². The predicted octanol–water partition coefficient (Wildman–Crippen LogP) is 3.36. The van der Waals surface area contributed by atoms with Gasteiger partial charge in [-0.3, -0.25) is 4.79 Å². The zero-order valence-corrected chi connectivity index (χ0v) is 12.0. The summed E-state index contributed by atoms with van der Waals surface area (Å²) in [5, 5.41) is 0. The zero-order valence-electron chi connectivity index (χ0n) is 12.0. The zero-order chi connectivity index (χ0) is 14.9. The van der Waals surface area contributed by atoms with Crippen molar-refractivity contribution in [2.24, 2.45) is 0 Å². The van der Waals surface area contributed by atoms with E-state index < -0.39 is 0 Å². The third-order valence-electron chi connectivity index (χ3n) is 2.90. The van der Waals surface area contributed by atoms with E-state index in [0.29, 0.717) is 18.8 Å². The summed E-state index contributed by atoms with van der Waals surface area (Å²) in [7, 11) is 1.63. The van der Waals surface area contributed by atoms with Gasteiger partial charge in [0, 0.05) is 12.0 Å². The van der Waals surface area contributed by atoms with E-state index in [1.165, 1.54) is 0 Å². The smallest absolute Gasteiger partial charge is 0.150 e. The van der Waals surface area contributed by atoms with Crippen LogP contribution in [0.3, 0.4) is 0 Å². The number of hydrogen-bond donors (Lipinski definition) is 0. The SMILES string of the molecule is COc1ccc(OCCCOc2ccc(C=O)cc2)cc1. The summed E-state index contributed by atoms with van der Waals surface area (Å²) in [5.41, 5.74) is 0.644. The lowest BCUT2D eigenvalue weighted by molar-refractivity contribution is 0.112. The average Bonchev–Trinajstić information content (AvgIpc) is 2.55. The van der Waals surface area contributed by atoms with Gasteiger partial charge in [0.25, 0.3) is 0 Å². The normalized spacial score (nSPS) is 9.95. The Bertz CT molecular complexity index is 546. The van der Waals surface area contributed by atoms with Crippen molar-refractivity contribution in [1.29, 1.82) is 0 Å². The van der Waals surface area contributed by atoms with Crippen molar-refractivity contribution < 1.29 is 19.0 Å². The molecule has 0 bridgehead atoms. The lowest BCUT2D eigenvalue weighted by Gasteiger charge is -2.08. The molecule has 0 aliphatic carbocycles. The molecule has 2 aromatic rings. The Morgan fingerprint density at radius 2 is 1.29 bits per heavy atom. The van der Waals surface area contributed by atoms with Gasteiger partial charge in [-0.25, -0.2) is 0 Å². The minimum absolute atomic E-state index is 0.566. The summed E-state index contributed by atoms with van der Waals surface area (Å²) in [5.74, 6) is 2.38. The molecule has 0 unspecified atom stereocenters. The summed E-state index contributed by atoms with van der Waals surface area (Å²) < 4.78 is 16.2. The number of methoxy groups -OCH3 is 1. The van der Waals surface area contributed by atoms with Gasteiger partial charge in [0.1, 0.15) is 23.5 Å². The maximum atomic E-state index is 10.5. The monoisotopic (exact) mass is 286 g/mol. The van der Waals surface area contributed by atoms with Crippen molar-refractivity contribution in [2.75, 3.05) is 20.3 Å². The number of carbonyl (C=O) groups is 1. The molecule has 0 saturated carbocycles. The first-order chi connectivity index (χ1) is 10.3. The summed E-state index contributed by atoms with van der Waals surface area (Å²) >= 11 is 0. The molecule has 21 heavy (non-hydrogen) atoms. The molecule has 0 amide bonds. The van der Waals surface area contributed by atoms with Crippen LogP contribution in [0, 0.1) is 0 Å². The molecular weight excluding hydrogens is 268 g/mol. The van der Waals surface area contributed by atoms with Crippen molar-refractivity contribution in [2.45, 2.75) is 6.42 Å². The van der Waals surface area contributed by atoms with Gasteiger partial charge in [0.15, 0.2) is 0 Å². The summed E-state index contributed by atoms with van der Waals surface area (Å²) in [6.45, 7) is 1.15. The predicted molar refractivity (Wildman–Crippen MR) is 80.4 cm³/mol. The molecule has 0 aliphatic heterocycles. The minimum Gasteiger partial charge on any atom is -0.497 e. The standard InChI is InChI=1S/C17H18O4/c1-19-15-7-9-17(10-8-15)21-12-2-11-20-16-5-3-14(13-18)4-6-16/h3-10,13H,2,11-12H2,1H3. The van der Waals surface area contributed by atoms with Crippen LogP contribution >= 0.6 is 0 Å².